The number of benzene rings is 1. The van der Waals surface area contributed by atoms with Crippen LogP contribution in [0.15, 0.2) is 24.0 Å². The van der Waals surface area contributed by atoms with Crippen molar-refractivity contribution in [1.82, 2.24) is 0 Å². The highest BCUT2D eigenvalue weighted by molar-refractivity contribution is 7.57. The summed E-state index contributed by atoms with van der Waals surface area (Å²) in [6.07, 6.45) is 4.92. The van der Waals surface area contributed by atoms with Crippen molar-refractivity contribution in [2.75, 3.05) is 13.2 Å². The Morgan fingerprint density at radius 3 is 2.43 bits per heavy atom. The van der Waals surface area contributed by atoms with Gasteiger partial charge >= 0.3 is 7.60 Å². The molecule has 3 nitrogen and oxygen atoms in total. The van der Waals surface area contributed by atoms with Crippen molar-refractivity contribution in [2.24, 2.45) is 0 Å². The van der Waals surface area contributed by atoms with E-state index in [0.29, 0.717) is 18.2 Å². The van der Waals surface area contributed by atoms with E-state index in [1.54, 1.807) is 19.9 Å². The third-order valence-corrected chi connectivity index (χ3v) is 5.06. The summed E-state index contributed by atoms with van der Waals surface area (Å²) in [4.78, 5) is 0. The molecule has 0 radical (unpaired) electrons. The Morgan fingerprint density at radius 2 is 1.86 bits per heavy atom. The predicted molar refractivity (Wildman–Crippen MR) is 90.0 cm³/mol. The fourth-order valence-corrected chi connectivity index (χ4v) is 3.56. The van der Waals surface area contributed by atoms with E-state index in [1.807, 2.05) is 18.2 Å². The highest BCUT2D eigenvalue weighted by Crippen LogP contribution is 2.50. The zero-order valence-corrected chi connectivity index (χ0v) is 14.6. The number of hydrogen-bond acceptors (Lipinski definition) is 3. The van der Waals surface area contributed by atoms with Crippen molar-refractivity contribution in [1.29, 1.82) is 0 Å². The Kier molecular flexibility index (Phi) is 8.28. The molecule has 0 saturated carbocycles. The van der Waals surface area contributed by atoms with Gasteiger partial charge in [-0.15, -0.1) is 0 Å². The minimum Gasteiger partial charge on any atom is -0.306 e. The standard InChI is InChI=1S/C16H24ClO3P/c1-4-7-9-14-10-8-11-16(17)15(14)12-13-21(18,19-5-2)20-6-3/h8,10-13H,4-7,9H2,1-3H3/b13-12+. The topological polar surface area (TPSA) is 35.5 Å². The van der Waals surface area contributed by atoms with Crippen LogP contribution in [-0.2, 0) is 20.0 Å². The van der Waals surface area contributed by atoms with Gasteiger partial charge in [0.25, 0.3) is 0 Å². The van der Waals surface area contributed by atoms with Gasteiger partial charge in [0.1, 0.15) is 0 Å². The lowest BCUT2D eigenvalue weighted by atomic mass is 10.0. The quantitative estimate of drug-likeness (QED) is 0.527. The van der Waals surface area contributed by atoms with Gasteiger partial charge < -0.3 is 9.05 Å². The molecule has 0 unspecified atom stereocenters. The number of rotatable bonds is 9. The van der Waals surface area contributed by atoms with Crippen molar-refractivity contribution >= 4 is 25.3 Å². The first-order chi connectivity index (χ1) is 10.1. The molecule has 1 aromatic carbocycles. The lowest BCUT2D eigenvalue weighted by Crippen LogP contribution is -1.94. The van der Waals surface area contributed by atoms with E-state index < -0.39 is 7.60 Å². The second-order valence-corrected chi connectivity index (χ2v) is 6.91. The van der Waals surface area contributed by atoms with E-state index in [0.717, 1.165) is 30.4 Å². The lowest BCUT2D eigenvalue weighted by molar-refractivity contribution is 0.229. The van der Waals surface area contributed by atoms with E-state index in [9.17, 15) is 4.57 Å². The molecule has 0 spiro atoms. The first kappa shape index (κ1) is 18.4. The largest absolute Gasteiger partial charge is 0.354 e. The van der Waals surface area contributed by atoms with Gasteiger partial charge in [0.2, 0.25) is 0 Å². The second kappa shape index (κ2) is 9.42. The highest BCUT2D eigenvalue weighted by atomic mass is 35.5. The molecule has 0 aromatic heterocycles. The number of halogens is 1. The molecule has 1 aromatic rings. The number of unbranched alkanes of at least 4 members (excludes halogenated alkanes) is 1. The Balaban J connectivity index is 3.04. The normalized spacial score (nSPS) is 12.2. The maximum atomic E-state index is 12.4. The summed E-state index contributed by atoms with van der Waals surface area (Å²) in [5.41, 5.74) is 2.05. The first-order valence-electron chi connectivity index (χ1n) is 7.41. The Morgan fingerprint density at radius 1 is 1.19 bits per heavy atom. The van der Waals surface area contributed by atoms with Gasteiger partial charge in [-0.25, -0.2) is 0 Å². The van der Waals surface area contributed by atoms with E-state index in [4.69, 9.17) is 20.6 Å². The molecule has 1 rings (SSSR count). The first-order valence-corrected chi connectivity index (χ1v) is 9.40. The van der Waals surface area contributed by atoms with Crippen LogP contribution in [-0.4, -0.2) is 13.2 Å². The van der Waals surface area contributed by atoms with Gasteiger partial charge in [-0.1, -0.05) is 37.1 Å². The summed E-state index contributed by atoms with van der Waals surface area (Å²) >= 11 is 6.27. The monoisotopic (exact) mass is 330 g/mol. The molecule has 0 fully saturated rings. The van der Waals surface area contributed by atoms with Crippen LogP contribution in [0, 0.1) is 0 Å². The Labute approximate surface area is 132 Å². The summed E-state index contributed by atoms with van der Waals surface area (Å²) in [5.74, 6) is 1.51. The summed E-state index contributed by atoms with van der Waals surface area (Å²) < 4.78 is 23.0. The van der Waals surface area contributed by atoms with Gasteiger partial charge in [0.15, 0.2) is 0 Å². The van der Waals surface area contributed by atoms with E-state index in [2.05, 4.69) is 6.92 Å². The number of aryl methyl sites for hydroxylation is 1. The number of hydrogen-bond donors (Lipinski definition) is 0. The maximum absolute atomic E-state index is 12.4. The maximum Gasteiger partial charge on any atom is 0.354 e. The molecular weight excluding hydrogens is 307 g/mol. The molecule has 118 valence electrons. The molecule has 0 amide bonds. The molecule has 5 heteroatoms. The SMILES string of the molecule is CCCCc1cccc(Cl)c1/C=C/P(=O)(OCC)OCC. The second-order valence-electron chi connectivity index (χ2n) is 4.61. The molecule has 0 bridgehead atoms. The predicted octanol–water partition coefficient (Wildman–Crippen LogP) is 5.92. The van der Waals surface area contributed by atoms with Crippen molar-refractivity contribution in [3.05, 3.63) is 40.2 Å². The van der Waals surface area contributed by atoms with Crippen LogP contribution in [0.2, 0.25) is 5.02 Å². The van der Waals surface area contributed by atoms with Crippen molar-refractivity contribution in [3.63, 3.8) is 0 Å². The minimum atomic E-state index is -3.19. The van der Waals surface area contributed by atoms with Gasteiger partial charge in [0.05, 0.1) is 13.2 Å². The van der Waals surface area contributed by atoms with Crippen molar-refractivity contribution < 1.29 is 13.6 Å². The summed E-state index contributed by atoms with van der Waals surface area (Å²) in [6.45, 7) is 6.42. The molecule has 0 aliphatic heterocycles. The summed E-state index contributed by atoms with van der Waals surface area (Å²) in [7, 11) is -3.19. The lowest BCUT2D eigenvalue weighted by Gasteiger charge is -2.13. The molecule has 0 N–H and O–H groups in total. The fourth-order valence-electron chi connectivity index (χ4n) is 2.00. The fraction of sp³-hybridized carbons (Fsp3) is 0.500. The molecule has 0 atom stereocenters. The van der Waals surface area contributed by atoms with Gasteiger partial charge in [0, 0.05) is 10.8 Å². The molecule has 0 heterocycles. The van der Waals surface area contributed by atoms with E-state index >= 15 is 0 Å². The third kappa shape index (κ3) is 5.96. The molecule has 0 aliphatic carbocycles. The van der Waals surface area contributed by atoms with Crippen molar-refractivity contribution in [3.8, 4) is 0 Å². The molecule has 0 aliphatic rings. The van der Waals surface area contributed by atoms with Crippen LogP contribution >= 0.6 is 19.2 Å². The smallest absolute Gasteiger partial charge is 0.306 e. The van der Waals surface area contributed by atoms with Crippen LogP contribution in [0.25, 0.3) is 6.08 Å². The van der Waals surface area contributed by atoms with Crippen LogP contribution in [0.5, 0.6) is 0 Å². The third-order valence-electron chi connectivity index (χ3n) is 2.98. The molecule has 21 heavy (non-hydrogen) atoms. The van der Waals surface area contributed by atoms with Crippen molar-refractivity contribution in [2.45, 2.75) is 40.0 Å². The van der Waals surface area contributed by atoms with Gasteiger partial charge in [-0.2, -0.15) is 0 Å². The van der Waals surface area contributed by atoms with E-state index in [1.165, 1.54) is 5.82 Å². The van der Waals surface area contributed by atoms with Crippen LogP contribution in [0.4, 0.5) is 0 Å². The minimum absolute atomic E-state index is 0.340. The summed E-state index contributed by atoms with van der Waals surface area (Å²) in [5, 5.41) is 0.652. The Hall–Kier alpha value is -0.600. The van der Waals surface area contributed by atoms with E-state index in [-0.39, 0.29) is 0 Å². The molecular formula is C16H24ClO3P. The zero-order valence-electron chi connectivity index (χ0n) is 13.0. The van der Waals surface area contributed by atoms with Gasteiger partial charge in [-0.05, 0) is 50.0 Å². The summed E-state index contributed by atoms with van der Waals surface area (Å²) in [6, 6.07) is 5.83. The average Bonchev–Trinajstić information content (AvgIpc) is 2.44. The zero-order chi connectivity index (χ0) is 15.7. The molecule has 0 saturated heterocycles. The van der Waals surface area contributed by atoms with Crippen LogP contribution in [0.3, 0.4) is 0 Å². The highest BCUT2D eigenvalue weighted by Gasteiger charge is 2.19. The average molecular weight is 331 g/mol. The Bertz CT molecular complexity index is 504. The van der Waals surface area contributed by atoms with Crippen LogP contribution < -0.4 is 0 Å². The van der Waals surface area contributed by atoms with Crippen LogP contribution in [0.1, 0.15) is 44.7 Å². The van der Waals surface area contributed by atoms with Gasteiger partial charge in [-0.3, -0.25) is 4.57 Å².